The molecule has 122 valence electrons. The number of fused-ring (bicyclic) bond motifs is 1. The minimum Gasteiger partial charge on any atom is -0.348 e. The van der Waals surface area contributed by atoms with Crippen LogP contribution in [-0.2, 0) is 6.54 Å². The highest BCUT2D eigenvalue weighted by molar-refractivity contribution is 7.17. The van der Waals surface area contributed by atoms with E-state index in [4.69, 9.17) is 0 Å². The number of nitrogens with zero attached hydrogens (tertiary/aromatic N) is 1. The number of hydrogen-bond donors (Lipinski definition) is 1. The molecule has 0 bridgehead atoms. The zero-order valence-electron chi connectivity index (χ0n) is 13.4. The van der Waals surface area contributed by atoms with Gasteiger partial charge in [0.05, 0.1) is 5.56 Å². The van der Waals surface area contributed by atoms with E-state index in [-0.39, 0.29) is 11.9 Å². The molecule has 1 unspecified atom stereocenters. The van der Waals surface area contributed by atoms with E-state index in [1.807, 2.05) is 29.6 Å². The quantitative estimate of drug-likeness (QED) is 0.783. The fraction of sp³-hybridized carbons (Fsp3) is 0.250. The lowest BCUT2D eigenvalue weighted by Gasteiger charge is -2.16. The van der Waals surface area contributed by atoms with Crippen molar-refractivity contribution in [2.75, 3.05) is 13.1 Å². The Kier molecular flexibility index (Phi) is 4.32. The monoisotopic (exact) mass is 336 g/mol. The number of carbonyl (C=O) groups is 1. The first-order chi connectivity index (χ1) is 11.8. The molecule has 4 heteroatoms. The summed E-state index contributed by atoms with van der Waals surface area (Å²) in [5.74, 6) is 0.0546. The van der Waals surface area contributed by atoms with E-state index in [2.05, 4.69) is 40.5 Å². The first kappa shape index (κ1) is 15.4. The maximum absolute atomic E-state index is 12.6. The van der Waals surface area contributed by atoms with Crippen LogP contribution in [0.1, 0.15) is 22.3 Å². The van der Waals surface area contributed by atoms with Crippen LogP contribution in [0.2, 0.25) is 0 Å². The van der Waals surface area contributed by atoms with Crippen LogP contribution in [0.4, 0.5) is 0 Å². The first-order valence-corrected chi connectivity index (χ1v) is 9.21. The van der Waals surface area contributed by atoms with Gasteiger partial charge in [0.15, 0.2) is 0 Å². The summed E-state index contributed by atoms with van der Waals surface area (Å²) in [5, 5.41) is 6.24. The van der Waals surface area contributed by atoms with Gasteiger partial charge in [0.2, 0.25) is 0 Å². The van der Waals surface area contributed by atoms with Gasteiger partial charge >= 0.3 is 0 Å². The Morgan fingerprint density at radius 1 is 1.12 bits per heavy atom. The van der Waals surface area contributed by atoms with E-state index in [1.54, 1.807) is 11.3 Å². The predicted molar refractivity (Wildman–Crippen MR) is 99.4 cm³/mol. The van der Waals surface area contributed by atoms with Crippen LogP contribution >= 0.6 is 11.3 Å². The molecule has 2 heterocycles. The van der Waals surface area contributed by atoms with Gasteiger partial charge in [0.25, 0.3) is 5.91 Å². The summed E-state index contributed by atoms with van der Waals surface area (Å²) in [7, 11) is 0. The normalized spacial score (nSPS) is 18.1. The van der Waals surface area contributed by atoms with Gasteiger partial charge in [-0.1, -0.05) is 48.5 Å². The van der Waals surface area contributed by atoms with Crippen molar-refractivity contribution < 1.29 is 4.79 Å². The Balaban J connectivity index is 1.38. The second kappa shape index (κ2) is 6.75. The lowest BCUT2D eigenvalue weighted by atomic mass is 10.1. The Hall–Kier alpha value is -2.17. The second-order valence-corrected chi connectivity index (χ2v) is 7.24. The number of hydrogen-bond acceptors (Lipinski definition) is 3. The Bertz CT molecular complexity index is 843. The van der Waals surface area contributed by atoms with Crippen molar-refractivity contribution in [3.8, 4) is 0 Å². The molecule has 1 N–H and O–H groups in total. The fourth-order valence-electron chi connectivity index (χ4n) is 3.35. The molecule has 3 aromatic rings. The van der Waals surface area contributed by atoms with Crippen molar-refractivity contribution in [1.29, 1.82) is 0 Å². The molecule has 1 aliphatic rings. The minimum atomic E-state index is 0.0546. The Morgan fingerprint density at radius 3 is 2.79 bits per heavy atom. The Morgan fingerprint density at radius 2 is 1.92 bits per heavy atom. The molecular formula is C20H20N2OS. The van der Waals surface area contributed by atoms with Gasteiger partial charge in [0, 0.05) is 41.1 Å². The predicted octanol–water partition coefficient (Wildman–Crippen LogP) is 3.91. The van der Waals surface area contributed by atoms with Gasteiger partial charge < -0.3 is 5.32 Å². The van der Waals surface area contributed by atoms with Crippen molar-refractivity contribution >= 4 is 27.3 Å². The third kappa shape index (κ3) is 3.21. The molecule has 1 fully saturated rings. The van der Waals surface area contributed by atoms with Crippen LogP contribution in [0, 0.1) is 0 Å². The van der Waals surface area contributed by atoms with Gasteiger partial charge in [-0.15, -0.1) is 11.3 Å². The lowest BCUT2D eigenvalue weighted by molar-refractivity contribution is 0.0939. The maximum atomic E-state index is 12.6. The molecule has 24 heavy (non-hydrogen) atoms. The van der Waals surface area contributed by atoms with Crippen molar-refractivity contribution in [1.82, 2.24) is 10.2 Å². The van der Waals surface area contributed by atoms with E-state index in [1.165, 1.54) is 10.3 Å². The van der Waals surface area contributed by atoms with Gasteiger partial charge in [-0.3, -0.25) is 9.69 Å². The number of rotatable bonds is 4. The Labute approximate surface area is 145 Å². The third-order valence-electron chi connectivity index (χ3n) is 4.58. The smallest absolute Gasteiger partial charge is 0.253 e. The van der Waals surface area contributed by atoms with Gasteiger partial charge in [-0.2, -0.15) is 0 Å². The molecule has 1 saturated heterocycles. The van der Waals surface area contributed by atoms with E-state index >= 15 is 0 Å². The van der Waals surface area contributed by atoms with Gasteiger partial charge in [-0.25, -0.2) is 0 Å². The molecule has 1 aliphatic heterocycles. The molecule has 3 nitrogen and oxygen atoms in total. The summed E-state index contributed by atoms with van der Waals surface area (Å²) in [6.45, 7) is 2.90. The number of benzene rings is 2. The molecule has 1 aromatic heterocycles. The van der Waals surface area contributed by atoms with E-state index in [0.717, 1.165) is 37.0 Å². The fourth-order valence-corrected chi connectivity index (χ4v) is 4.29. The summed E-state index contributed by atoms with van der Waals surface area (Å²) in [5.41, 5.74) is 2.13. The van der Waals surface area contributed by atoms with Crippen molar-refractivity contribution in [3.63, 3.8) is 0 Å². The highest BCUT2D eigenvalue weighted by atomic mass is 32.1. The summed E-state index contributed by atoms with van der Waals surface area (Å²) < 4.78 is 1.17. The number of carbonyl (C=O) groups excluding carboxylic acids is 1. The molecule has 0 saturated carbocycles. The minimum absolute atomic E-state index is 0.0546. The molecule has 1 atom stereocenters. The zero-order valence-corrected chi connectivity index (χ0v) is 14.3. The van der Waals surface area contributed by atoms with Gasteiger partial charge in [0.1, 0.15) is 0 Å². The van der Waals surface area contributed by atoms with Crippen LogP contribution in [0.25, 0.3) is 10.1 Å². The van der Waals surface area contributed by atoms with Crippen LogP contribution < -0.4 is 5.32 Å². The molecule has 2 aromatic carbocycles. The average Bonchev–Trinajstić information content (AvgIpc) is 3.22. The summed E-state index contributed by atoms with van der Waals surface area (Å²) in [6, 6.07) is 18.8. The number of thiophene rings is 1. The van der Waals surface area contributed by atoms with Gasteiger partial charge in [-0.05, 0) is 18.1 Å². The highest BCUT2D eigenvalue weighted by Gasteiger charge is 2.25. The standard InChI is InChI=1S/C20H20N2OS/c23-20(18-14-24-19-9-5-4-8-17(18)19)21-16-10-11-22(13-16)12-15-6-2-1-3-7-15/h1-9,14,16H,10-13H2,(H,21,23). The number of nitrogens with one attached hydrogen (secondary N) is 1. The molecule has 0 radical (unpaired) electrons. The third-order valence-corrected chi connectivity index (χ3v) is 5.55. The molecule has 4 rings (SSSR count). The van der Waals surface area contributed by atoms with Crippen LogP contribution in [-0.4, -0.2) is 29.9 Å². The second-order valence-electron chi connectivity index (χ2n) is 6.33. The number of likely N-dealkylation sites (tertiary alicyclic amines) is 1. The average molecular weight is 336 g/mol. The van der Waals surface area contributed by atoms with Crippen molar-refractivity contribution in [2.45, 2.75) is 19.0 Å². The molecular weight excluding hydrogens is 316 g/mol. The van der Waals surface area contributed by atoms with Crippen molar-refractivity contribution in [3.05, 3.63) is 71.1 Å². The summed E-state index contributed by atoms with van der Waals surface area (Å²) in [4.78, 5) is 15.0. The summed E-state index contributed by atoms with van der Waals surface area (Å²) >= 11 is 1.63. The van der Waals surface area contributed by atoms with Crippen molar-refractivity contribution in [2.24, 2.45) is 0 Å². The van der Waals surface area contributed by atoms with Crippen LogP contribution in [0.5, 0.6) is 0 Å². The maximum Gasteiger partial charge on any atom is 0.253 e. The van der Waals surface area contributed by atoms with E-state index in [0.29, 0.717) is 0 Å². The molecule has 0 aliphatic carbocycles. The SMILES string of the molecule is O=C(NC1CCN(Cc2ccccc2)C1)c1csc2ccccc12. The topological polar surface area (TPSA) is 32.3 Å². The summed E-state index contributed by atoms with van der Waals surface area (Å²) in [6.07, 6.45) is 1.01. The van der Waals surface area contributed by atoms with E-state index < -0.39 is 0 Å². The largest absolute Gasteiger partial charge is 0.348 e. The highest BCUT2D eigenvalue weighted by Crippen LogP contribution is 2.26. The van der Waals surface area contributed by atoms with E-state index in [9.17, 15) is 4.79 Å². The first-order valence-electron chi connectivity index (χ1n) is 8.33. The molecule has 0 spiro atoms. The zero-order chi connectivity index (χ0) is 16.4. The lowest BCUT2D eigenvalue weighted by Crippen LogP contribution is -2.36. The molecule has 1 amide bonds. The number of amides is 1. The van der Waals surface area contributed by atoms with Crippen LogP contribution in [0.3, 0.4) is 0 Å². The van der Waals surface area contributed by atoms with Crippen LogP contribution in [0.15, 0.2) is 60.0 Å².